The summed E-state index contributed by atoms with van der Waals surface area (Å²) in [5, 5.41) is 0. The van der Waals surface area contributed by atoms with E-state index in [9.17, 15) is 4.79 Å². The van der Waals surface area contributed by atoms with Crippen LogP contribution in [0.3, 0.4) is 0 Å². The Kier molecular flexibility index (Phi) is 4.27. The van der Waals surface area contributed by atoms with E-state index in [1.54, 1.807) is 0 Å². The van der Waals surface area contributed by atoms with Gasteiger partial charge in [0.05, 0.1) is 5.56 Å². The number of hydrogen-bond acceptors (Lipinski definition) is 3. The van der Waals surface area contributed by atoms with Crippen LogP contribution in [0.4, 0.5) is 5.82 Å². The molecule has 1 fully saturated rings. The standard InChI is InChI=1S/C15H25N3O/c1-4-12-13(16)17-14(18-15(12)19)11-7-5-10(6-8-11)9(2)3/h9-11H,4-8H2,1-3H3,(H3,16,17,18,19). The quantitative estimate of drug-likeness (QED) is 0.880. The van der Waals surface area contributed by atoms with Crippen LogP contribution < -0.4 is 11.3 Å². The summed E-state index contributed by atoms with van der Waals surface area (Å²) in [5.41, 5.74) is 6.44. The van der Waals surface area contributed by atoms with Gasteiger partial charge in [-0.3, -0.25) is 4.79 Å². The fourth-order valence-corrected chi connectivity index (χ4v) is 3.13. The van der Waals surface area contributed by atoms with Crippen LogP contribution in [0.5, 0.6) is 0 Å². The van der Waals surface area contributed by atoms with Crippen LogP contribution >= 0.6 is 0 Å². The summed E-state index contributed by atoms with van der Waals surface area (Å²) in [6.45, 7) is 6.51. The number of aromatic nitrogens is 2. The summed E-state index contributed by atoms with van der Waals surface area (Å²) in [4.78, 5) is 19.3. The third-order valence-corrected chi connectivity index (χ3v) is 4.52. The maximum absolute atomic E-state index is 11.9. The van der Waals surface area contributed by atoms with Crippen molar-refractivity contribution in [1.82, 2.24) is 9.97 Å². The van der Waals surface area contributed by atoms with Gasteiger partial charge in [-0.25, -0.2) is 4.98 Å². The van der Waals surface area contributed by atoms with Gasteiger partial charge in [0.2, 0.25) is 0 Å². The fourth-order valence-electron chi connectivity index (χ4n) is 3.13. The van der Waals surface area contributed by atoms with Gasteiger partial charge < -0.3 is 10.7 Å². The van der Waals surface area contributed by atoms with Gasteiger partial charge in [-0.2, -0.15) is 0 Å². The normalized spacial score (nSPS) is 23.8. The molecule has 0 spiro atoms. The lowest BCUT2D eigenvalue weighted by Crippen LogP contribution is -2.24. The number of nitrogen functional groups attached to an aromatic ring is 1. The minimum atomic E-state index is -0.0593. The Morgan fingerprint density at radius 3 is 2.42 bits per heavy atom. The summed E-state index contributed by atoms with van der Waals surface area (Å²) in [7, 11) is 0. The highest BCUT2D eigenvalue weighted by Gasteiger charge is 2.26. The van der Waals surface area contributed by atoms with Crippen LogP contribution in [0.25, 0.3) is 0 Å². The molecule has 0 atom stereocenters. The highest BCUT2D eigenvalue weighted by molar-refractivity contribution is 5.37. The van der Waals surface area contributed by atoms with Crippen molar-refractivity contribution in [2.45, 2.75) is 58.8 Å². The molecule has 1 saturated carbocycles. The van der Waals surface area contributed by atoms with Crippen molar-refractivity contribution in [2.75, 3.05) is 5.73 Å². The molecule has 3 N–H and O–H groups in total. The number of aromatic amines is 1. The molecule has 4 heteroatoms. The van der Waals surface area contributed by atoms with Crippen molar-refractivity contribution >= 4 is 5.82 Å². The molecule has 1 aromatic heterocycles. The Labute approximate surface area is 114 Å². The van der Waals surface area contributed by atoms with Crippen LogP contribution in [-0.4, -0.2) is 9.97 Å². The van der Waals surface area contributed by atoms with Gasteiger partial charge in [0.25, 0.3) is 5.56 Å². The van der Waals surface area contributed by atoms with Gasteiger partial charge >= 0.3 is 0 Å². The van der Waals surface area contributed by atoms with Crippen LogP contribution in [0.15, 0.2) is 4.79 Å². The summed E-state index contributed by atoms with van der Waals surface area (Å²) in [6, 6.07) is 0. The number of hydrogen-bond donors (Lipinski definition) is 2. The van der Waals surface area contributed by atoms with Crippen molar-refractivity contribution in [2.24, 2.45) is 11.8 Å². The average molecular weight is 263 g/mol. The van der Waals surface area contributed by atoms with Crippen LogP contribution in [0, 0.1) is 11.8 Å². The summed E-state index contributed by atoms with van der Waals surface area (Å²) in [6.07, 6.45) is 5.30. The second kappa shape index (κ2) is 5.76. The third kappa shape index (κ3) is 2.99. The number of nitrogens with two attached hydrogens (primary N) is 1. The molecule has 106 valence electrons. The molecule has 0 aliphatic heterocycles. The largest absolute Gasteiger partial charge is 0.383 e. The Morgan fingerprint density at radius 2 is 1.95 bits per heavy atom. The molecule has 1 heterocycles. The molecule has 0 radical (unpaired) electrons. The number of nitrogens with one attached hydrogen (secondary N) is 1. The molecule has 0 bridgehead atoms. The topological polar surface area (TPSA) is 71.8 Å². The van der Waals surface area contributed by atoms with Crippen LogP contribution in [-0.2, 0) is 6.42 Å². The van der Waals surface area contributed by atoms with E-state index in [0.717, 1.165) is 30.5 Å². The van der Waals surface area contributed by atoms with Gasteiger partial charge in [0, 0.05) is 5.92 Å². The first-order chi connectivity index (χ1) is 9.02. The maximum Gasteiger partial charge on any atom is 0.256 e. The van der Waals surface area contributed by atoms with Gasteiger partial charge in [-0.05, 0) is 43.9 Å². The molecule has 4 nitrogen and oxygen atoms in total. The Hall–Kier alpha value is -1.32. The molecule has 19 heavy (non-hydrogen) atoms. The van der Waals surface area contributed by atoms with E-state index in [1.165, 1.54) is 12.8 Å². The highest BCUT2D eigenvalue weighted by Crippen LogP contribution is 2.37. The Balaban J connectivity index is 2.14. The highest BCUT2D eigenvalue weighted by atomic mass is 16.1. The number of nitrogens with zero attached hydrogens (tertiary/aromatic N) is 1. The first-order valence-electron chi connectivity index (χ1n) is 7.41. The zero-order valence-corrected chi connectivity index (χ0v) is 12.2. The van der Waals surface area contributed by atoms with E-state index in [-0.39, 0.29) is 5.56 Å². The second-order valence-electron chi connectivity index (χ2n) is 6.02. The van der Waals surface area contributed by atoms with E-state index >= 15 is 0 Å². The molecule has 1 aliphatic rings. The van der Waals surface area contributed by atoms with Crippen molar-refractivity contribution in [1.29, 1.82) is 0 Å². The predicted molar refractivity (Wildman–Crippen MR) is 78.2 cm³/mol. The van der Waals surface area contributed by atoms with Crippen molar-refractivity contribution in [3.05, 3.63) is 21.7 Å². The Bertz CT molecular complexity index is 485. The lowest BCUT2D eigenvalue weighted by molar-refractivity contribution is 0.254. The van der Waals surface area contributed by atoms with E-state index in [0.29, 0.717) is 23.7 Å². The van der Waals surface area contributed by atoms with Gasteiger partial charge in [0.1, 0.15) is 11.6 Å². The van der Waals surface area contributed by atoms with Crippen molar-refractivity contribution in [3.8, 4) is 0 Å². The van der Waals surface area contributed by atoms with Crippen molar-refractivity contribution < 1.29 is 0 Å². The van der Waals surface area contributed by atoms with Gasteiger partial charge in [-0.15, -0.1) is 0 Å². The van der Waals surface area contributed by atoms with E-state index in [1.807, 2.05) is 6.92 Å². The monoisotopic (exact) mass is 263 g/mol. The first-order valence-corrected chi connectivity index (χ1v) is 7.41. The number of rotatable bonds is 3. The molecule has 1 aliphatic carbocycles. The molecule has 0 saturated heterocycles. The lowest BCUT2D eigenvalue weighted by atomic mass is 9.77. The molecule has 1 aromatic rings. The zero-order chi connectivity index (χ0) is 14.0. The average Bonchev–Trinajstić information content (AvgIpc) is 2.38. The van der Waals surface area contributed by atoms with E-state index < -0.39 is 0 Å². The number of anilines is 1. The van der Waals surface area contributed by atoms with Crippen LogP contribution in [0.2, 0.25) is 0 Å². The molecule has 0 amide bonds. The second-order valence-corrected chi connectivity index (χ2v) is 6.02. The van der Waals surface area contributed by atoms with Crippen molar-refractivity contribution in [3.63, 3.8) is 0 Å². The zero-order valence-electron chi connectivity index (χ0n) is 12.2. The smallest absolute Gasteiger partial charge is 0.256 e. The SMILES string of the molecule is CCc1c(N)nc(C2CCC(C(C)C)CC2)[nH]c1=O. The summed E-state index contributed by atoms with van der Waals surface area (Å²) < 4.78 is 0. The van der Waals surface area contributed by atoms with Crippen LogP contribution in [0.1, 0.15) is 63.8 Å². The lowest BCUT2D eigenvalue weighted by Gasteiger charge is -2.30. The Morgan fingerprint density at radius 1 is 1.32 bits per heavy atom. The summed E-state index contributed by atoms with van der Waals surface area (Å²) in [5.74, 6) is 3.14. The molecular weight excluding hydrogens is 238 g/mol. The molecule has 0 unspecified atom stereocenters. The molecule has 2 rings (SSSR count). The van der Waals surface area contributed by atoms with Gasteiger partial charge in [-0.1, -0.05) is 20.8 Å². The molecular formula is C15H25N3O. The van der Waals surface area contributed by atoms with E-state index in [2.05, 4.69) is 23.8 Å². The van der Waals surface area contributed by atoms with Gasteiger partial charge in [0.15, 0.2) is 0 Å². The first kappa shape index (κ1) is 14.1. The maximum atomic E-state index is 11.9. The summed E-state index contributed by atoms with van der Waals surface area (Å²) >= 11 is 0. The minimum Gasteiger partial charge on any atom is -0.383 e. The molecule has 0 aromatic carbocycles. The predicted octanol–water partition coefficient (Wildman–Crippen LogP) is 2.84. The minimum absolute atomic E-state index is 0.0593. The van der Waals surface area contributed by atoms with E-state index in [4.69, 9.17) is 5.73 Å². The number of H-pyrrole nitrogens is 1. The fraction of sp³-hybridized carbons (Fsp3) is 0.733. The third-order valence-electron chi connectivity index (χ3n) is 4.52.